The van der Waals surface area contributed by atoms with Crippen LogP contribution in [-0.4, -0.2) is 17.0 Å². The maximum atomic E-state index is 11.5. The zero-order chi connectivity index (χ0) is 13.8. The van der Waals surface area contributed by atoms with E-state index in [9.17, 15) is 14.9 Å². The fourth-order valence-corrected chi connectivity index (χ4v) is 1.87. The molecule has 7 heteroatoms. The molecule has 1 amide bonds. The van der Waals surface area contributed by atoms with Crippen molar-refractivity contribution in [2.75, 3.05) is 0 Å². The summed E-state index contributed by atoms with van der Waals surface area (Å²) in [6.45, 7) is 0. The number of nitro benzene ring substituents is 1. The second kappa shape index (κ2) is 5.79. The number of nitro groups is 1. The molecule has 1 saturated carbocycles. The van der Waals surface area contributed by atoms with E-state index in [4.69, 9.17) is 11.6 Å². The van der Waals surface area contributed by atoms with Gasteiger partial charge < -0.3 is 0 Å². The van der Waals surface area contributed by atoms with Crippen LogP contribution in [0.4, 0.5) is 5.69 Å². The second-order valence-corrected chi connectivity index (χ2v) is 4.74. The Hall–Kier alpha value is -1.95. The third kappa shape index (κ3) is 3.29. The number of hydrogen-bond acceptors (Lipinski definition) is 4. The number of rotatable bonds is 4. The molecule has 0 aliphatic heterocycles. The van der Waals surface area contributed by atoms with E-state index in [1.54, 1.807) is 6.07 Å². The molecule has 0 saturated heterocycles. The van der Waals surface area contributed by atoms with Gasteiger partial charge in [-0.05, 0) is 18.9 Å². The molecular formula is C12H12ClN3O3. The van der Waals surface area contributed by atoms with Gasteiger partial charge in [-0.15, -0.1) is 0 Å². The predicted octanol–water partition coefficient (Wildman–Crippen LogP) is 2.50. The lowest BCUT2D eigenvalue weighted by molar-refractivity contribution is -0.384. The number of halogens is 1. The molecule has 6 nitrogen and oxygen atoms in total. The Morgan fingerprint density at radius 2 is 2.26 bits per heavy atom. The summed E-state index contributed by atoms with van der Waals surface area (Å²) in [7, 11) is 0. The van der Waals surface area contributed by atoms with Crippen LogP contribution in [0.25, 0.3) is 0 Å². The minimum absolute atomic E-state index is 0.0525. The van der Waals surface area contributed by atoms with E-state index in [-0.39, 0.29) is 22.5 Å². The summed E-state index contributed by atoms with van der Waals surface area (Å²) in [5.41, 5.74) is 2.74. The lowest BCUT2D eigenvalue weighted by Gasteiger charge is -2.22. The van der Waals surface area contributed by atoms with Crippen LogP contribution < -0.4 is 5.43 Å². The molecule has 0 unspecified atom stereocenters. The SMILES string of the molecule is O=C(NN=Cc1ccc(Cl)c([N+](=O)[O-])c1)C1CCC1. The van der Waals surface area contributed by atoms with E-state index < -0.39 is 4.92 Å². The van der Waals surface area contributed by atoms with Crippen LogP contribution in [0.5, 0.6) is 0 Å². The van der Waals surface area contributed by atoms with Crippen LogP contribution in [-0.2, 0) is 4.79 Å². The van der Waals surface area contributed by atoms with Gasteiger partial charge in [-0.3, -0.25) is 14.9 Å². The number of nitrogens with one attached hydrogen (secondary N) is 1. The largest absolute Gasteiger partial charge is 0.288 e. The molecule has 1 aliphatic rings. The number of carbonyl (C=O) groups is 1. The molecule has 1 fully saturated rings. The van der Waals surface area contributed by atoms with Gasteiger partial charge in [0.2, 0.25) is 5.91 Å². The van der Waals surface area contributed by atoms with E-state index in [0.29, 0.717) is 5.56 Å². The lowest BCUT2D eigenvalue weighted by atomic mass is 9.85. The van der Waals surface area contributed by atoms with Gasteiger partial charge in [0.05, 0.1) is 11.1 Å². The Morgan fingerprint density at radius 1 is 1.53 bits per heavy atom. The standard InChI is InChI=1S/C12H12ClN3O3/c13-10-5-4-8(6-11(10)16(18)19)7-14-15-12(17)9-2-1-3-9/h4-7,9H,1-3H2,(H,15,17). The number of amides is 1. The average molecular weight is 282 g/mol. The highest BCUT2D eigenvalue weighted by atomic mass is 35.5. The molecule has 1 aliphatic carbocycles. The van der Waals surface area contributed by atoms with Gasteiger partial charge in [0.1, 0.15) is 5.02 Å². The maximum absolute atomic E-state index is 11.5. The zero-order valence-electron chi connectivity index (χ0n) is 10.0. The first kappa shape index (κ1) is 13.5. The fraction of sp³-hybridized carbons (Fsp3) is 0.333. The highest BCUT2D eigenvalue weighted by Gasteiger charge is 2.24. The van der Waals surface area contributed by atoms with Crippen molar-refractivity contribution in [1.82, 2.24) is 5.43 Å². The molecule has 100 valence electrons. The normalized spacial score (nSPS) is 15.2. The third-order valence-electron chi connectivity index (χ3n) is 3.03. The highest BCUT2D eigenvalue weighted by molar-refractivity contribution is 6.32. The van der Waals surface area contributed by atoms with Gasteiger partial charge in [0, 0.05) is 17.5 Å². The van der Waals surface area contributed by atoms with Gasteiger partial charge in [0.15, 0.2) is 0 Å². The summed E-state index contributed by atoms with van der Waals surface area (Å²) in [6.07, 6.45) is 4.23. The fourth-order valence-electron chi connectivity index (χ4n) is 1.68. The number of hydrogen-bond donors (Lipinski definition) is 1. The summed E-state index contributed by atoms with van der Waals surface area (Å²) in [5, 5.41) is 14.6. The van der Waals surface area contributed by atoms with Crippen LogP contribution in [0.2, 0.25) is 5.02 Å². The van der Waals surface area contributed by atoms with E-state index in [1.165, 1.54) is 18.3 Å². The topological polar surface area (TPSA) is 84.6 Å². The van der Waals surface area contributed by atoms with Crippen molar-refractivity contribution in [2.24, 2.45) is 11.0 Å². The molecule has 1 aromatic carbocycles. The third-order valence-corrected chi connectivity index (χ3v) is 3.35. The van der Waals surface area contributed by atoms with Crippen LogP contribution in [0.15, 0.2) is 23.3 Å². The predicted molar refractivity (Wildman–Crippen MR) is 71.2 cm³/mol. The minimum atomic E-state index is -0.563. The van der Waals surface area contributed by atoms with Crippen molar-refractivity contribution in [3.8, 4) is 0 Å². The Morgan fingerprint density at radius 3 is 2.84 bits per heavy atom. The number of benzene rings is 1. The minimum Gasteiger partial charge on any atom is -0.273 e. The number of nitrogens with zero attached hydrogens (tertiary/aromatic N) is 2. The molecule has 2 rings (SSSR count). The van der Waals surface area contributed by atoms with E-state index in [2.05, 4.69) is 10.5 Å². The molecule has 1 N–H and O–H groups in total. The van der Waals surface area contributed by atoms with Crippen LogP contribution in [0.3, 0.4) is 0 Å². The summed E-state index contributed by atoms with van der Waals surface area (Å²) >= 11 is 5.69. The Balaban J connectivity index is 2.00. The molecule has 0 bridgehead atoms. The highest BCUT2D eigenvalue weighted by Crippen LogP contribution is 2.26. The maximum Gasteiger partial charge on any atom is 0.288 e. The van der Waals surface area contributed by atoms with Crippen molar-refractivity contribution >= 4 is 29.4 Å². The number of hydrazone groups is 1. The van der Waals surface area contributed by atoms with Gasteiger partial charge in [0.25, 0.3) is 5.69 Å². The lowest BCUT2D eigenvalue weighted by Crippen LogP contribution is -2.31. The summed E-state index contributed by atoms with van der Waals surface area (Å²) in [6, 6.07) is 4.32. The van der Waals surface area contributed by atoms with Crippen molar-refractivity contribution < 1.29 is 9.72 Å². The van der Waals surface area contributed by atoms with Gasteiger partial charge >= 0.3 is 0 Å². The van der Waals surface area contributed by atoms with Gasteiger partial charge in [-0.1, -0.05) is 24.1 Å². The van der Waals surface area contributed by atoms with Crippen molar-refractivity contribution in [3.05, 3.63) is 38.9 Å². The molecule has 0 spiro atoms. The molecule has 0 heterocycles. The smallest absolute Gasteiger partial charge is 0.273 e. The van der Waals surface area contributed by atoms with E-state index in [0.717, 1.165) is 19.3 Å². The monoisotopic (exact) mass is 281 g/mol. The van der Waals surface area contributed by atoms with Crippen LogP contribution >= 0.6 is 11.6 Å². The van der Waals surface area contributed by atoms with Crippen LogP contribution in [0, 0.1) is 16.0 Å². The van der Waals surface area contributed by atoms with Gasteiger partial charge in [-0.2, -0.15) is 5.10 Å². The number of carbonyl (C=O) groups excluding carboxylic acids is 1. The average Bonchev–Trinajstić information content (AvgIpc) is 2.28. The van der Waals surface area contributed by atoms with Crippen molar-refractivity contribution in [1.29, 1.82) is 0 Å². The van der Waals surface area contributed by atoms with E-state index >= 15 is 0 Å². The zero-order valence-corrected chi connectivity index (χ0v) is 10.8. The quantitative estimate of drug-likeness (QED) is 0.523. The second-order valence-electron chi connectivity index (χ2n) is 4.33. The summed E-state index contributed by atoms with van der Waals surface area (Å²) in [5.74, 6) is -0.0531. The Bertz CT molecular complexity index is 541. The first-order chi connectivity index (χ1) is 9.08. The molecule has 0 radical (unpaired) electrons. The van der Waals surface area contributed by atoms with Gasteiger partial charge in [-0.25, -0.2) is 5.43 Å². The molecule has 19 heavy (non-hydrogen) atoms. The Kier molecular flexibility index (Phi) is 4.11. The molecule has 0 aromatic heterocycles. The summed E-state index contributed by atoms with van der Waals surface area (Å²) < 4.78 is 0. The molecule has 0 atom stereocenters. The first-order valence-corrected chi connectivity index (χ1v) is 6.22. The van der Waals surface area contributed by atoms with Crippen molar-refractivity contribution in [3.63, 3.8) is 0 Å². The molecular weight excluding hydrogens is 270 g/mol. The summed E-state index contributed by atoms with van der Waals surface area (Å²) in [4.78, 5) is 21.6. The van der Waals surface area contributed by atoms with Crippen molar-refractivity contribution in [2.45, 2.75) is 19.3 Å². The molecule has 1 aromatic rings. The van der Waals surface area contributed by atoms with Crippen LogP contribution in [0.1, 0.15) is 24.8 Å². The first-order valence-electron chi connectivity index (χ1n) is 5.85. The Labute approximate surface area is 114 Å². The van der Waals surface area contributed by atoms with E-state index in [1.807, 2.05) is 0 Å².